The lowest BCUT2D eigenvalue weighted by Gasteiger charge is -2.27. The molecule has 1 aromatic rings. The quantitative estimate of drug-likeness (QED) is 0.520. The Kier molecular flexibility index (Phi) is 8.67. The smallest absolute Gasteiger partial charge is 0.338 e. The molecule has 0 saturated carbocycles. The summed E-state index contributed by atoms with van der Waals surface area (Å²) in [6, 6.07) is 6.03. The number of esters is 1. The van der Waals surface area contributed by atoms with Gasteiger partial charge in [0, 0.05) is 0 Å². The maximum Gasteiger partial charge on any atom is 0.338 e. The van der Waals surface area contributed by atoms with Crippen LogP contribution in [-0.2, 0) is 4.74 Å². The summed E-state index contributed by atoms with van der Waals surface area (Å²) in [6.07, 6.45) is 6.97. The molecule has 0 bridgehead atoms. The van der Waals surface area contributed by atoms with Crippen molar-refractivity contribution in [2.24, 2.45) is 5.41 Å². The van der Waals surface area contributed by atoms with Crippen molar-refractivity contribution in [3.05, 3.63) is 35.4 Å². The number of carboxylic acids is 1. The molecule has 1 atom stereocenters. The number of carboxylic acid groups (broad SMARTS) is 1. The first-order valence-corrected chi connectivity index (χ1v) is 9.33. The van der Waals surface area contributed by atoms with Crippen LogP contribution in [0.5, 0.6) is 0 Å². The van der Waals surface area contributed by atoms with E-state index in [4.69, 9.17) is 9.84 Å². The number of unbranched alkanes of at least 4 members (excludes halogenated alkanes) is 1. The second-order valence-electron chi connectivity index (χ2n) is 7.51. The average Bonchev–Trinajstić information content (AvgIpc) is 2.57. The molecule has 25 heavy (non-hydrogen) atoms. The Bertz CT molecular complexity index is 563. The molecular weight excluding hydrogens is 316 g/mol. The predicted molar refractivity (Wildman–Crippen MR) is 100 cm³/mol. The van der Waals surface area contributed by atoms with Gasteiger partial charge in [-0.25, -0.2) is 9.59 Å². The van der Waals surface area contributed by atoms with E-state index in [0.29, 0.717) is 5.56 Å². The van der Waals surface area contributed by atoms with Crippen LogP contribution >= 0.6 is 0 Å². The van der Waals surface area contributed by atoms with Crippen LogP contribution < -0.4 is 0 Å². The lowest BCUT2D eigenvalue weighted by molar-refractivity contribution is 0.0222. The molecule has 0 spiro atoms. The fraction of sp³-hybridized carbons (Fsp3) is 0.619. The highest BCUT2D eigenvalue weighted by Crippen LogP contribution is 2.30. The Balaban J connectivity index is 2.74. The number of hydrogen-bond donors (Lipinski definition) is 1. The van der Waals surface area contributed by atoms with E-state index in [1.165, 1.54) is 12.1 Å². The van der Waals surface area contributed by atoms with Crippen molar-refractivity contribution >= 4 is 11.9 Å². The largest absolute Gasteiger partial charge is 0.478 e. The van der Waals surface area contributed by atoms with Gasteiger partial charge in [0.2, 0.25) is 0 Å². The second kappa shape index (κ2) is 10.2. The van der Waals surface area contributed by atoms with Crippen LogP contribution in [0.1, 0.15) is 93.4 Å². The van der Waals surface area contributed by atoms with Crippen molar-refractivity contribution in [3.63, 3.8) is 0 Å². The van der Waals surface area contributed by atoms with Gasteiger partial charge < -0.3 is 9.84 Å². The van der Waals surface area contributed by atoms with E-state index in [0.717, 1.165) is 44.9 Å². The SMILES string of the molecule is CCCCC(CCC(C)(C)CCC)OC(=O)c1cccc(C(=O)O)c1. The monoisotopic (exact) mass is 348 g/mol. The van der Waals surface area contributed by atoms with Gasteiger partial charge >= 0.3 is 11.9 Å². The van der Waals surface area contributed by atoms with Gasteiger partial charge in [-0.1, -0.05) is 53.0 Å². The molecule has 4 heteroatoms. The van der Waals surface area contributed by atoms with E-state index in [9.17, 15) is 9.59 Å². The van der Waals surface area contributed by atoms with Gasteiger partial charge in [-0.15, -0.1) is 0 Å². The van der Waals surface area contributed by atoms with Crippen LogP contribution in [0.2, 0.25) is 0 Å². The molecule has 0 aromatic heterocycles. The summed E-state index contributed by atoms with van der Waals surface area (Å²) in [5, 5.41) is 9.06. The minimum Gasteiger partial charge on any atom is -0.478 e. The van der Waals surface area contributed by atoms with Gasteiger partial charge in [-0.3, -0.25) is 0 Å². The highest BCUT2D eigenvalue weighted by Gasteiger charge is 2.22. The normalized spacial score (nSPS) is 12.6. The van der Waals surface area contributed by atoms with Crippen molar-refractivity contribution in [2.45, 2.75) is 78.7 Å². The number of hydrogen-bond acceptors (Lipinski definition) is 3. The van der Waals surface area contributed by atoms with Gasteiger partial charge in [-0.2, -0.15) is 0 Å². The summed E-state index contributed by atoms with van der Waals surface area (Å²) in [5.41, 5.74) is 0.646. The first-order valence-electron chi connectivity index (χ1n) is 9.33. The first kappa shape index (κ1) is 21.2. The molecule has 4 nitrogen and oxygen atoms in total. The minimum absolute atomic E-state index is 0.101. The zero-order valence-corrected chi connectivity index (χ0v) is 16.0. The van der Waals surface area contributed by atoms with Crippen LogP contribution in [0.25, 0.3) is 0 Å². The molecule has 1 N–H and O–H groups in total. The maximum absolute atomic E-state index is 12.4. The van der Waals surface area contributed by atoms with Crippen molar-refractivity contribution in [3.8, 4) is 0 Å². The second-order valence-corrected chi connectivity index (χ2v) is 7.51. The summed E-state index contributed by atoms with van der Waals surface area (Å²) in [6.45, 7) is 8.82. The number of ether oxygens (including phenoxy) is 1. The van der Waals surface area contributed by atoms with E-state index in [2.05, 4.69) is 27.7 Å². The Morgan fingerprint density at radius 3 is 2.36 bits per heavy atom. The average molecular weight is 348 g/mol. The van der Waals surface area contributed by atoms with E-state index >= 15 is 0 Å². The highest BCUT2D eigenvalue weighted by molar-refractivity contribution is 5.94. The van der Waals surface area contributed by atoms with E-state index in [-0.39, 0.29) is 17.1 Å². The minimum atomic E-state index is -1.04. The van der Waals surface area contributed by atoms with Crippen LogP contribution in [0.4, 0.5) is 0 Å². The summed E-state index contributed by atoms with van der Waals surface area (Å²) in [5.74, 6) is -1.48. The molecule has 0 radical (unpaired) electrons. The molecule has 1 aromatic carbocycles. The summed E-state index contributed by atoms with van der Waals surface area (Å²) >= 11 is 0. The fourth-order valence-corrected chi connectivity index (χ4v) is 3.05. The van der Waals surface area contributed by atoms with Crippen molar-refractivity contribution < 1.29 is 19.4 Å². The lowest BCUT2D eigenvalue weighted by Crippen LogP contribution is -2.22. The Morgan fingerprint density at radius 1 is 1.08 bits per heavy atom. The standard InChI is InChI=1S/C21H32O4/c1-5-7-11-18(12-14-21(3,4)13-6-2)25-20(24)17-10-8-9-16(15-17)19(22)23/h8-10,15,18H,5-7,11-14H2,1-4H3,(H,22,23). The summed E-state index contributed by atoms with van der Waals surface area (Å²) in [4.78, 5) is 23.5. The molecule has 0 aliphatic heterocycles. The number of benzene rings is 1. The van der Waals surface area contributed by atoms with Gasteiger partial charge in [0.1, 0.15) is 6.10 Å². The number of carbonyl (C=O) groups excluding carboxylic acids is 1. The highest BCUT2D eigenvalue weighted by atomic mass is 16.5. The van der Waals surface area contributed by atoms with Crippen molar-refractivity contribution in [1.82, 2.24) is 0 Å². The van der Waals surface area contributed by atoms with Crippen molar-refractivity contribution in [1.29, 1.82) is 0 Å². The van der Waals surface area contributed by atoms with E-state index in [1.54, 1.807) is 12.1 Å². The number of carbonyl (C=O) groups is 2. The Hall–Kier alpha value is -1.84. The van der Waals surface area contributed by atoms with E-state index < -0.39 is 11.9 Å². The lowest BCUT2D eigenvalue weighted by atomic mass is 9.82. The fourth-order valence-electron chi connectivity index (χ4n) is 3.05. The van der Waals surface area contributed by atoms with Gasteiger partial charge in [0.15, 0.2) is 0 Å². The molecule has 0 saturated heterocycles. The van der Waals surface area contributed by atoms with Gasteiger partial charge in [0.05, 0.1) is 11.1 Å². The van der Waals surface area contributed by atoms with E-state index in [1.807, 2.05) is 0 Å². The zero-order valence-electron chi connectivity index (χ0n) is 16.0. The number of rotatable bonds is 11. The van der Waals surface area contributed by atoms with Crippen LogP contribution in [0.15, 0.2) is 24.3 Å². The molecule has 0 aliphatic carbocycles. The molecule has 0 heterocycles. The summed E-state index contributed by atoms with van der Waals surface area (Å²) < 4.78 is 5.72. The molecule has 140 valence electrons. The Morgan fingerprint density at radius 2 is 1.76 bits per heavy atom. The maximum atomic E-state index is 12.4. The third-order valence-electron chi connectivity index (χ3n) is 4.57. The number of aromatic carboxylic acids is 1. The van der Waals surface area contributed by atoms with Crippen LogP contribution in [0.3, 0.4) is 0 Å². The molecule has 1 unspecified atom stereocenters. The molecule has 1 rings (SSSR count). The Labute approximate surface area is 151 Å². The molecule has 0 amide bonds. The third-order valence-corrected chi connectivity index (χ3v) is 4.57. The van der Waals surface area contributed by atoms with Crippen LogP contribution in [0, 0.1) is 5.41 Å². The first-order chi connectivity index (χ1) is 11.8. The molecular formula is C21H32O4. The third kappa shape index (κ3) is 7.72. The molecule has 0 fully saturated rings. The topological polar surface area (TPSA) is 63.6 Å². The van der Waals surface area contributed by atoms with Crippen LogP contribution in [-0.4, -0.2) is 23.1 Å². The van der Waals surface area contributed by atoms with Gasteiger partial charge in [-0.05, 0) is 49.3 Å². The predicted octanol–water partition coefficient (Wildman–Crippen LogP) is 5.71. The molecule has 0 aliphatic rings. The summed E-state index contributed by atoms with van der Waals surface area (Å²) in [7, 11) is 0. The zero-order chi connectivity index (χ0) is 18.9. The van der Waals surface area contributed by atoms with Gasteiger partial charge in [0.25, 0.3) is 0 Å². The van der Waals surface area contributed by atoms with Crippen molar-refractivity contribution in [2.75, 3.05) is 0 Å².